The predicted molar refractivity (Wildman–Crippen MR) is 139 cm³/mol. The number of hydrogen-bond donors (Lipinski definition) is 4. The third-order valence-corrected chi connectivity index (χ3v) is 6.13. The van der Waals surface area contributed by atoms with E-state index in [1.165, 1.54) is 36.7 Å². The number of rotatable bonds is 6. The number of carbonyl (C=O) groups is 2. The number of carbonyl (C=O) groups excluding carboxylic acids is 2. The van der Waals surface area contributed by atoms with Crippen molar-refractivity contribution in [2.24, 2.45) is 5.73 Å². The molecule has 38 heavy (non-hydrogen) atoms. The van der Waals surface area contributed by atoms with Crippen LogP contribution >= 0.6 is 0 Å². The van der Waals surface area contributed by atoms with Gasteiger partial charge in [0.2, 0.25) is 0 Å². The lowest BCUT2D eigenvalue weighted by Crippen LogP contribution is -2.55. The van der Waals surface area contributed by atoms with Crippen molar-refractivity contribution in [2.75, 3.05) is 29.0 Å². The number of nitrogens with two attached hydrogens (primary N) is 2. The molecule has 1 fully saturated rings. The van der Waals surface area contributed by atoms with E-state index in [2.05, 4.69) is 20.6 Å². The van der Waals surface area contributed by atoms with Crippen LogP contribution in [0.25, 0.3) is 11.3 Å². The fraction of sp³-hybridized carbons (Fsp3) is 0.308. The first-order valence-electron chi connectivity index (χ1n) is 12.0. The van der Waals surface area contributed by atoms with Gasteiger partial charge >= 0.3 is 0 Å². The lowest BCUT2D eigenvalue weighted by atomic mass is 10.0. The molecule has 0 radical (unpaired) electrons. The number of anilines is 3. The van der Waals surface area contributed by atoms with Gasteiger partial charge in [-0.3, -0.25) is 14.6 Å². The van der Waals surface area contributed by atoms with Crippen molar-refractivity contribution in [2.45, 2.75) is 38.3 Å². The summed E-state index contributed by atoms with van der Waals surface area (Å²) < 4.78 is 42.5. The fourth-order valence-electron chi connectivity index (χ4n) is 4.10. The second-order valence-electron chi connectivity index (χ2n) is 9.37. The molecule has 1 saturated heterocycles. The average molecular weight is 528 g/mol. The van der Waals surface area contributed by atoms with Crippen molar-refractivity contribution in [1.82, 2.24) is 15.3 Å². The number of hydrogen-bond acceptors (Lipinski definition) is 7. The van der Waals surface area contributed by atoms with Crippen molar-refractivity contribution in [3.8, 4) is 11.3 Å². The molecule has 0 aliphatic carbocycles. The van der Waals surface area contributed by atoms with Gasteiger partial charge in [0.25, 0.3) is 17.7 Å². The van der Waals surface area contributed by atoms with Gasteiger partial charge in [0.05, 0.1) is 35.0 Å². The topological polar surface area (TPSA) is 139 Å². The Kier molecular flexibility index (Phi) is 7.53. The summed E-state index contributed by atoms with van der Waals surface area (Å²) in [5, 5.41) is 5.41. The molecular weight excluding hydrogens is 499 g/mol. The summed E-state index contributed by atoms with van der Waals surface area (Å²) in [4.78, 5) is 35.5. The minimum absolute atomic E-state index is 0.0146. The molecule has 0 saturated carbocycles. The molecule has 1 aliphatic heterocycles. The van der Waals surface area contributed by atoms with Crippen LogP contribution in [0.15, 0.2) is 48.8 Å². The van der Waals surface area contributed by atoms with Crippen LogP contribution in [0.5, 0.6) is 0 Å². The lowest BCUT2D eigenvalue weighted by Gasteiger charge is -2.38. The van der Waals surface area contributed by atoms with E-state index in [0.717, 1.165) is 6.07 Å². The summed E-state index contributed by atoms with van der Waals surface area (Å²) in [5.41, 5.74) is 12.6. The molecule has 0 bridgehead atoms. The molecule has 1 aliphatic rings. The van der Waals surface area contributed by atoms with Crippen LogP contribution in [-0.2, 0) is 0 Å². The minimum Gasteiger partial charge on any atom is -0.397 e. The van der Waals surface area contributed by atoms with Crippen LogP contribution in [0.3, 0.4) is 0 Å². The zero-order valence-electron chi connectivity index (χ0n) is 20.8. The molecule has 2 aromatic heterocycles. The Hall–Kier alpha value is -4.19. The monoisotopic (exact) mass is 527 g/mol. The highest BCUT2D eigenvalue weighted by molar-refractivity contribution is 6.08. The highest BCUT2D eigenvalue weighted by Crippen LogP contribution is 2.33. The van der Waals surface area contributed by atoms with Crippen molar-refractivity contribution in [3.05, 3.63) is 65.9 Å². The van der Waals surface area contributed by atoms with E-state index in [0.29, 0.717) is 5.69 Å². The molecule has 6 N–H and O–H groups in total. The molecule has 4 rings (SSSR count). The number of benzene rings is 1. The second kappa shape index (κ2) is 10.7. The molecule has 1 atom stereocenters. The van der Waals surface area contributed by atoms with Crippen LogP contribution in [0.1, 0.15) is 41.1 Å². The lowest BCUT2D eigenvalue weighted by molar-refractivity contribution is -0.0393. The van der Waals surface area contributed by atoms with Crippen molar-refractivity contribution >= 4 is 28.9 Å². The number of halogens is 3. The Bertz CT molecular complexity index is 1370. The van der Waals surface area contributed by atoms with Gasteiger partial charge in [-0.05, 0) is 50.2 Å². The Morgan fingerprint density at radius 2 is 1.92 bits per heavy atom. The zero-order chi connectivity index (χ0) is 27.6. The van der Waals surface area contributed by atoms with E-state index in [1.807, 2.05) is 0 Å². The summed E-state index contributed by atoms with van der Waals surface area (Å²) in [6, 6.07) is 6.81. The van der Waals surface area contributed by atoms with Crippen molar-refractivity contribution in [1.29, 1.82) is 0 Å². The normalized spacial score (nSPS) is 16.8. The number of nitrogen functional groups attached to an aromatic ring is 1. The van der Waals surface area contributed by atoms with Crippen LogP contribution in [-0.4, -0.2) is 52.9 Å². The molecule has 3 heterocycles. The van der Waals surface area contributed by atoms with Crippen LogP contribution in [0, 0.1) is 5.82 Å². The van der Waals surface area contributed by atoms with Gasteiger partial charge in [0.1, 0.15) is 5.82 Å². The minimum atomic E-state index is -2.98. The SMILES string of the molecule is CC(C)NC(=O)c1ccc(F)c(-c2ccc(N)c(C(=O)Nc3cnccc3N3CCC(F)(F)C(N)C3)n2)c1. The van der Waals surface area contributed by atoms with E-state index in [-0.39, 0.29) is 58.9 Å². The molecule has 200 valence electrons. The van der Waals surface area contributed by atoms with E-state index < -0.39 is 30.1 Å². The average Bonchev–Trinajstić information content (AvgIpc) is 2.86. The summed E-state index contributed by atoms with van der Waals surface area (Å²) in [6.07, 6.45) is 2.42. The number of amides is 2. The van der Waals surface area contributed by atoms with Crippen molar-refractivity contribution < 1.29 is 22.8 Å². The maximum Gasteiger partial charge on any atom is 0.276 e. The van der Waals surface area contributed by atoms with Gasteiger partial charge in [-0.25, -0.2) is 18.2 Å². The Morgan fingerprint density at radius 1 is 1.16 bits per heavy atom. The van der Waals surface area contributed by atoms with Gasteiger partial charge in [-0.2, -0.15) is 0 Å². The third kappa shape index (κ3) is 5.70. The van der Waals surface area contributed by atoms with Gasteiger partial charge in [0, 0.05) is 42.9 Å². The number of aromatic nitrogens is 2. The first-order valence-corrected chi connectivity index (χ1v) is 12.0. The van der Waals surface area contributed by atoms with Crippen LogP contribution in [0.4, 0.5) is 30.2 Å². The quantitative estimate of drug-likeness (QED) is 0.385. The van der Waals surface area contributed by atoms with Gasteiger partial charge < -0.3 is 27.0 Å². The van der Waals surface area contributed by atoms with E-state index in [4.69, 9.17) is 11.5 Å². The summed E-state index contributed by atoms with van der Waals surface area (Å²) in [5.74, 6) is -4.70. The number of alkyl halides is 2. The molecule has 3 aromatic rings. The van der Waals surface area contributed by atoms with E-state index in [9.17, 15) is 22.8 Å². The Balaban J connectivity index is 1.61. The zero-order valence-corrected chi connectivity index (χ0v) is 20.8. The number of nitrogens with one attached hydrogen (secondary N) is 2. The van der Waals surface area contributed by atoms with Crippen LogP contribution in [0.2, 0.25) is 0 Å². The first kappa shape index (κ1) is 26.9. The maximum absolute atomic E-state index is 14.7. The molecule has 1 unspecified atom stereocenters. The molecule has 12 heteroatoms. The van der Waals surface area contributed by atoms with E-state index >= 15 is 0 Å². The number of piperidine rings is 1. The van der Waals surface area contributed by atoms with Crippen molar-refractivity contribution in [3.63, 3.8) is 0 Å². The number of pyridine rings is 2. The Labute approximate surface area is 217 Å². The largest absolute Gasteiger partial charge is 0.397 e. The van der Waals surface area contributed by atoms with Gasteiger partial charge in [-0.1, -0.05) is 0 Å². The predicted octanol–water partition coefficient (Wildman–Crippen LogP) is 3.43. The number of nitrogens with zero attached hydrogens (tertiary/aromatic N) is 3. The first-order chi connectivity index (χ1) is 18.0. The molecule has 1 aromatic carbocycles. The third-order valence-electron chi connectivity index (χ3n) is 6.13. The molecular formula is C26H28F3N7O2. The second-order valence-corrected chi connectivity index (χ2v) is 9.37. The summed E-state index contributed by atoms with van der Waals surface area (Å²) in [7, 11) is 0. The molecule has 9 nitrogen and oxygen atoms in total. The maximum atomic E-state index is 14.7. The highest BCUT2D eigenvalue weighted by atomic mass is 19.3. The summed E-state index contributed by atoms with van der Waals surface area (Å²) >= 11 is 0. The van der Waals surface area contributed by atoms with E-state index in [1.54, 1.807) is 24.8 Å². The Morgan fingerprint density at radius 3 is 2.63 bits per heavy atom. The molecule has 2 amide bonds. The smallest absolute Gasteiger partial charge is 0.276 e. The standard InChI is InChI=1S/C26H28F3N7O2/c1-14(2)33-24(37)15-3-4-17(27)16(11-15)19-6-5-18(30)23(34-19)25(38)35-20-12-32-9-7-21(20)36-10-8-26(28,29)22(31)13-36/h3-7,9,11-12,14,22H,8,10,13,30-31H2,1-2H3,(H,33,37)(H,35,38). The fourth-order valence-corrected chi connectivity index (χ4v) is 4.10. The van der Waals surface area contributed by atoms with Crippen LogP contribution < -0.4 is 27.0 Å². The van der Waals surface area contributed by atoms with Gasteiger partial charge in [0.15, 0.2) is 5.69 Å². The van der Waals surface area contributed by atoms with Gasteiger partial charge in [-0.15, -0.1) is 0 Å². The summed E-state index contributed by atoms with van der Waals surface area (Å²) in [6.45, 7) is 3.52. The highest BCUT2D eigenvalue weighted by Gasteiger charge is 2.42. The molecule has 0 spiro atoms.